The molecule has 0 spiro atoms. The number of carbonyl (C=O) groups excluding carboxylic acids is 5. The molecule has 18 heteroatoms. The average molecular weight is 678 g/mol. The molecule has 5 rings (SSSR count). The Balaban J connectivity index is 0.00000500. The van der Waals surface area contributed by atoms with Crippen molar-refractivity contribution in [3.8, 4) is 5.75 Å². The molecule has 6 N–H and O–H groups in total. The van der Waals surface area contributed by atoms with Gasteiger partial charge in [-0.3, -0.25) is 29.1 Å². The van der Waals surface area contributed by atoms with Crippen molar-refractivity contribution in [1.82, 2.24) is 25.5 Å². The molecule has 3 aliphatic rings. The fraction of sp³-hybridized carbons (Fsp3) is 0.414. The summed E-state index contributed by atoms with van der Waals surface area (Å²) >= 11 is 1.15. The Hall–Kier alpha value is -4.06. The minimum atomic E-state index is -1.63. The number of hydrogen-bond acceptors (Lipinski definition) is 12. The third kappa shape index (κ3) is 8.46. The number of fused-ring (bicyclic) bond motifs is 1. The number of ether oxygens (including phenoxy) is 1. The van der Waals surface area contributed by atoms with Gasteiger partial charge in [-0.2, -0.15) is 0 Å². The molecule has 244 valence electrons. The van der Waals surface area contributed by atoms with Crippen LogP contribution in [0, 0.1) is 0 Å². The number of anilines is 2. The molecule has 2 aliphatic heterocycles. The molecule has 1 aromatic carbocycles. The number of thioether (sulfide) groups is 1. The van der Waals surface area contributed by atoms with Crippen molar-refractivity contribution in [1.29, 1.82) is 0 Å². The number of aromatic hydroxyl groups is 1. The number of phenols is 1. The van der Waals surface area contributed by atoms with E-state index in [2.05, 4.69) is 31.2 Å². The van der Waals surface area contributed by atoms with Crippen molar-refractivity contribution in [3.63, 3.8) is 0 Å². The number of H-pyrrole nitrogens is 1. The van der Waals surface area contributed by atoms with Crippen molar-refractivity contribution in [2.75, 3.05) is 23.0 Å². The largest absolute Gasteiger partial charge is 1.00 e. The van der Waals surface area contributed by atoms with Gasteiger partial charge in [-0.05, 0) is 30.5 Å². The van der Waals surface area contributed by atoms with Crippen LogP contribution in [0.15, 0.2) is 46.5 Å². The SMILES string of the molecule is CC(=O)OCC1=C(C(=O)[O-])N2C(=O)C(NC(=O)[C@H](NC(=O)Nc3cnc(NC4CCCCC4)[nH]c3=O)c3ccc(O)cc3)[C@H]2SC1.[Na+]. The Morgan fingerprint density at radius 1 is 1.15 bits per heavy atom. The zero-order valence-corrected chi connectivity index (χ0v) is 28.5. The number of β-lactam (4-membered cyclic amide) rings is 1. The average Bonchev–Trinajstić information content (AvgIpc) is 3.03. The van der Waals surface area contributed by atoms with Crippen LogP contribution in [-0.2, 0) is 23.9 Å². The fourth-order valence-corrected chi connectivity index (χ4v) is 6.79. The van der Waals surface area contributed by atoms with Crippen molar-refractivity contribution < 1.29 is 68.5 Å². The van der Waals surface area contributed by atoms with Gasteiger partial charge in [0.1, 0.15) is 35.5 Å². The van der Waals surface area contributed by atoms with Gasteiger partial charge in [0.25, 0.3) is 11.5 Å². The van der Waals surface area contributed by atoms with E-state index in [1.807, 2.05) is 0 Å². The molecule has 16 nitrogen and oxygen atoms in total. The Kier molecular flexibility index (Phi) is 11.9. The van der Waals surface area contributed by atoms with Gasteiger partial charge in [0.15, 0.2) is 0 Å². The quantitative estimate of drug-likeness (QED) is 0.0842. The van der Waals surface area contributed by atoms with E-state index >= 15 is 0 Å². The predicted octanol–water partition coefficient (Wildman–Crippen LogP) is -2.95. The number of nitrogens with one attached hydrogen (secondary N) is 5. The minimum absolute atomic E-state index is 0. The van der Waals surface area contributed by atoms with Crippen LogP contribution >= 0.6 is 11.8 Å². The second kappa shape index (κ2) is 15.7. The number of amides is 4. The third-order valence-corrected chi connectivity index (χ3v) is 9.09. The molecule has 2 aromatic rings. The molecule has 1 saturated heterocycles. The minimum Gasteiger partial charge on any atom is -0.543 e. The summed E-state index contributed by atoms with van der Waals surface area (Å²) in [6.45, 7) is 0.831. The number of phenolic OH excluding ortho intramolecular Hbond substituents is 1. The van der Waals surface area contributed by atoms with Crippen LogP contribution in [0.5, 0.6) is 5.75 Å². The van der Waals surface area contributed by atoms with Crippen LogP contribution in [0.1, 0.15) is 50.6 Å². The summed E-state index contributed by atoms with van der Waals surface area (Å²) < 4.78 is 4.91. The number of hydrogen-bond donors (Lipinski definition) is 6. The maximum atomic E-state index is 13.5. The maximum Gasteiger partial charge on any atom is 1.00 e. The van der Waals surface area contributed by atoms with Gasteiger partial charge in [0, 0.05) is 24.3 Å². The van der Waals surface area contributed by atoms with E-state index in [0.29, 0.717) is 0 Å². The van der Waals surface area contributed by atoms with E-state index < -0.39 is 58.5 Å². The van der Waals surface area contributed by atoms with Gasteiger partial charge >= 0.3 is 41.6 Å². The first-order chi connectivity index (χ1) is 22.0. The number of aromatic nitrogens is 2. The first kappa shape index (κ1) is 35.8. The van der Waals surface area contributed by atoms with Crippen LogP contribution < -0.4 is 61.5 Å². The number of carbonyl (C=O) groups is 5. The number of urea groups is 1. The summed E-state index contributed by atoms with van der Waals surface area (Å²) in [5.74, 6) is -3.54. The fourth-order valence-electron chi connectivity index (χ4n) is 5.46. The topological polar surface area (TPSA) is 235 Å². The maximum absolute atomic E-state index is 13.5. The van der Waals surface area contributed by atoms with Gasteiger partial charge in [0.2, 0.25) is 11.9 Å². The first-order valence-corrected chi connectivity index (χ1v) is 15.6. The van der Waals surface area contributed by atoms with E-state index in [9.17, 15) is 39.0 Å². The molecule has 2 fully saturated rings. The number of esters is 1. The van der Waals surface area contributed by atoms with Crippen molar-refractivity contribution >= 4 is 53.2 Å². The van der Waals surface area contributed by atoms with E-state index in [1.165, 1.54) is 36.9 Å². The Bertz CT molecular complexity index is 1630. The zero-order valence-electron chi connectivity index (χ0n) is 25.7. The molecule has 47 heavy (non-hydrogen) atoms. The standard InChI is InChI=1S/C29H33N7O9S.Na/c1-14(37)45-12-16-13-46-26-21(25(41)36(26)22(16)27(42)43)33-24(40)20(15-7-9-18(38)10-8-15)34-29(44)32-19-11-30-28(35-23(19)39)31-17-5-3-2-4-6-17;/h7-11,17,20-21,26,38H,2-6,12-13H2,1H3,(H,33,40)(H,42,43)(H2,32,34,44)(H2,30,31,35,39);/q;+1/p-1/t20-,21?,26-;/m1./s1. The summed E-state index contributed by atoms with van der Waals surface area (Å²) in [5.41, 5.74) is -0.799. The number of benzene rings is 1. The number of aromatic amines is 1. The molecule has 4 amide bonds. The Morgan fingerprint density at radius 2 is 1.85 bits per heavy atom. The normalized spacial score (nSPS) is 19.7. The Morgan fingerprint density at radius 3 is 2.49 bits per heavy atom. The number of rotatable bonds is 10. The van der Waals surface area contributed by atoms with E-state index in [-0.39, 0.29) is 76.5 Å². The summed E-state index contributed by atoms with van der Waals surface area (Å²) in [4.78, 5) is 83.1. The van der Waals surface area contributed by atoms with Crippen molar-refractivity contribution in [3.05, 3.63) is 57.6 Å². The number of carboxylic acid groups (broad SMARTS) is 1. The molecule has 1 unspecified atom stereocenters. The van der Waals surface area contributed by atoms with Gasteiger partial charge in [0.05, 0.1) is 17.9 Å². The number of nitrogens with zero attached hydrogens (tertiary/aromatic N) is 2. The Labute approximate surface area is 294 Å². The third-order valence-electron chi connectivity index (χ3n) is 7.75. The molecule has 0 radical (unpaired) electrons. The van der Waals surface area contributed by atoms with E-state index in [4.69, 9.17) is 4.74 Å². The number of carboxylic acids is 1. The molecule has 1 aromatic heterocycles. The molecular formula is C29H32N7NaO9S. The summed E-state index contributed by atoms with van der Waals surface area (Å²) in [6.07, 6.45) is 6.45. The smallest absolute Gasteiger partial charge is 0.543 e. The summed E-state index contributed by atoms with van der Waals surface area (Å²) in [7, 11) is 0. The molecular weight excluding hydrogens is 645 g/mol. The van der Waals surface area contributed by atoms with Gasteiger partial charge in [-0.25, -0.2) is 9.78 Å². The number of aliphatic carboxylic acids is 1. The second-order valence-electron chi connectivity index (χ2n) is 11.0. The van der Waals surface area contributed by atoms with Crippen LogP contribution in [0.25, 0.3) is 0 Å². The predicted molar refractivity (Wildman–Crippen MR) is 162 cm³/mol. The zero-order chi connectivity index (χ0) is 33.0. The van der Waals surface area contributed by atoms with Gasteiger partial charge in [-0.15, -0.1) is 11.8 Å². The van der Waals surface area contributed by atoms with Crippen LogP contribution in [0.4, 0.5) is 16.4 Å². The van der Waals surface area contributed by atoms with Crippen molar-refractivity contribution in [2.24, 2.45) is 0 Å². The van der Waals surface area contributed by atoms with Crippen LogP contribution in [0.3, 0.4) is 0 Å². The van der Waals surface area contributed by atoms with Crippen LogP contribution in [-0.4, -0.2) is 79.6 Å². The van der Waals surface area contributed by atoms with E-state index in [1.54, 1.807) is 0 Å². The van der Waals surface area contributed by atoms with E-state index in [0.717, 1.165) is 49.3 Å². The molecule has 3 heterocycles. The summed E-state index contributed by atoms with van der Waals surface area (Å²) in [5, 5.41) is 31.4. The van der Waals surface area contributed by atoms with Gasteiger partial charge in [-0.1, -0.05) is 31.4 Å². The molecule has 1 aliphatic carbocycles. The molecule has 1 saturated carbocycles. The molecule has 3 atom stereocenters. The first-order valence-electron chi connectivity index (χ1n) is 14.6. The second-order valence-corrected chi connectivity index (χ2v) is 12.1. The summed E-state index contributed by atoms with van der Waals surface area (Å²) in [6, 6.07) is 2.10. The van der Waals surface area contributed by atoms with Gasteiger partial charge < -0.3 is 41.0 Å². The van der Waals surface area contributed by atoms with Crippen LogP contribution in [0.2, 0.25) is 0 Å². The monoisotopic (exact) mass is 677 g/mol. The van der Waals surface area contributed by atoms with Crippen molar-refractivity contribution in [2.45, 2.75) is 62.5 Å². The molecule has 0 bridgehead atoms.